The third-order valence-corrected chi connectivity index (χ3v) is 3.54. The van der Waals surface area contributed by atoms with Crippen LogP contribution < -0.4 is 11.1 Å². The van der Waals surface area contributed by atoms with Crippen LogP contribution >= 0.6 is 0 Å². The van der Waals surface area contributed by atoms with E-state index in [1.54, 1.807) is 24.3 Å². The highest BCUT2D eigenvalue weighted by atomic mass is 16.5. The number of nitrogens with two attached hydrogens (primary N) is 1. The van der Waals surface area contributed by atoms with Crippen molar-refractivity contribution in [1.29, 1.82) is 0 Å². The first-order chi connectivity index (χ1) is 10.1. The highest BCUT2D eigenvalue weighted by Crippen LogP contribution is 2.28. The summed E-state index contributed by atoms with van der Waals surface area (Å²) in [6.45, 7) is 2.13. The smallest absolute Gasteiger partial charge is 0.237 e. The number of carbonyl (C=O) groups is 1. The molecule has 1 aliphatic carbocycles. The van der Waals surface area contributed by atoms with E-state index in [2.05, 4.69) is 5.32 Å². The molecular weight excluding hydrogens is 268 g/mol. The molecule has 21 heavy (non-hydrogen) atoms. The number of nitrogens with one attached hydrogen (secondary N) is 1. The van der Waals surface area contributed by atoms with Gasteiger partial charge in [-0.15, -0.1) is 0 Å². The van der Waals surface area contributed by atoms with Gasteiger partial charge in [0.25, 0.3) is 0 Å². The van der Waals surface area contributed by atoms with Gasteiger partial charge in [0.05, 0.1) is 6.04 Å². The van der Waals surface area contributed by atoms with E-state index in [9.17, 15) is 9.90 Å². The monoisotopic (exact) mass is 292 g/mol. The summed E-state index contributed by atoms with van der Waals surface area (Å²) < 4.78 is 5.50. The lowest BCUT2D eigenvalue weighted by atomic mass is 10.1. The minimum Gasteiger partial charge on any atom is -0.508 e. The number of rotatable bonds is 9. The van der Waals surface area contributed by atoms with E-state index < -0.39 is 6.04 Å². The van der Waals surface area contributed by atoms with Crippen molar-refractivity contribution in [1.82, 2.24) is 5.32 Å². The maximum Gasteiger partial charge on any atom is 0.237 e. The Morgan fingerprint density at radius 1 is 1.38 bits per heavy atom. The Kier molecular flexibility index (Phi) is 6.02. The molecule has 1 aromatic rings. The first-order valence-electron chi connectivity index (χ1n) is 7.54. The molecule has 116 valence electrons. The second kappa shape index (κ2) is 8.00. The average Bonchev–Trinajstić information content (AvgIpc) is 3.29. The minimum atomic E-state index is -0.568. The van der Waals surface area contributed by atoms with Crippen LogP contribution in [0.5, 0.6) is 5.75 Å². The number of benzene rings is 1. The largest absolute Gasteiger partial charge is 0.508 e. The summed E-state index contributed by atoms with van der Waals surface area (Å²) >= 11 is 0. The normalized spacial score (nSPS) is 15.7. The number of carbonyl (C=O) groups excluding carboxylic acids is 1. The lowest BCUT2D eigenvalue weighted by molar-refractivity contribution is -0.122. The van der Waals surface area contributed by atoms with Crippen LogP contribution in [0.1, 0.15) is 24.8 Å². The zero-order valence-electron chi connectivity index (χ0n) is 12.3. The van der Waals surface area contributed by atoms with Crippen LogP contribution in [0.25, 0.3) is 0 Å². The Morgan fingerprint density at radius 3 is 2.76 bits per heavy atom. The summed E-state index contributed by atoms with van der Waals surface area (Å²) in [6, 6.07) is 6.17. The van der Waals surface area contributed by atoms with E-state index in [4.69, 9.17) is 10.5 Å². The van der Waals surface area contributed by atoms with Gasteiger partial charge in [0.2, 0.25) is 5.91 Å². The highest BCUT2D eigenvalue weighted by Gasteiger charge is 2.20. The minimum absolute atomic E-state index is 0.148. The maximum atomic E-state index is 11.8. The Hall–Kier alpha value is -1.59. The van der Waals surface area contributed by atoms with Gasteiger partial charge in [-0.25, -0.2) is 0 Å². The van der Waals surface area contributed by atoms with Crippen LogP contribution in [0.3, 0.4) is 0 Å². The van der Waals surface area contributed by atoms with Crippen LogP contribution in [0.2, 0.25) is 0 Å². The lowest BCUT2D eigenvalue weighted by Crippen LogP contribution is -2.42. The molecule has 4 N–H and O–H groups in total. The third kappa shape index (κ3) is 6.14. The number of ether oxygens (including phenoxy) is 1. The van der Waals surface area contributed by atoms with E-state index in [1.165, 1.54) is 12.8 Å². The van der Waals surface area contributed by atoms with E-state index in [1.807, 2.05) is 0 Å². The van der Waals surface area contributed by atoms with Gasteiger partial charge >= 0.3 is 0 Å². The maximum absolute atomic E-state index is 11.8. The third-order valence-electron chi connectivity index (χ3n) is 3.54. The molecule has 5 heteroatoms. The molecule has 0 bridgehead atoms. The molecule has 0 aliphatic heterocycles. The molecule has 0 unspecified atom stereocenters. The van der Waals surface area contributed by atoms with E-state index in [0.717, 1.165) is 24.5 Å². The topological polar surface area (TPSA) is 84.6 Å². The van der Waals surface area contributed by atoms with Crippen LogP contribution in [-0.4, -0.2) is 36.8 Å². The standard InChI is InChI=1S/C16H24N2O3/c17-15(10-12-4-6-14(19)7-5-12)16(20)18-8-1-9-21-11-13-2-3-13/h4-7,13,15,19H,1-3,8-11,17H2,(H,18,20)/t15-/m1/s1. The van der Waals surface area contributed by atoms with Crippen molar-refractivity contribution in [2.24, 2.45) is 11.7 Å². The Bertz CT molecular complexity index is 443. The van der Waals surface area contributed by atoms with Gasteiger partial charge in [0.15, 0.2) is 0 Å². The van der Waals surface area contributed by atoms with E-state index in [-0.39, 0.29) is 11.7 Å². The number of hydrogen-bond donors (Lipinski definition) is 3. The molecule has 1 amide bonds. The number of aromatic hydroxyl groups is 1. The van der Waals surface area contributed by atoms with Crippen LogP contribution in [-0.2, 0) is 16.0 Å². The molecule has 0 heterocycles. The van der Waals surface area contributed by atoms with Crippen molar-refractivity contribution in [3.63, 3.8) is 0 Å². The number of hydrogen-bond acceptors (Lipinski definition) is 4. The molecule has 0 spiro atoms. The summed E-state index contributed by atoms with van der Waals surface area (Å²) in [5.41, 5.74) is 6.80. The molecule has 0 radical (unpaired) electrons. The molecule has 1 fully saturated rings. The highest BCUT2D eigenvalue weighted by molar-refractivity contribution is 5.81. The fourth-order valence-electron chi connectivity index (χ4n) is 2.03. The summed E-state index contributed by atoms with van der Waals surface area (Å²) in [5.74, 6) is 0.839. The predicted molar refractivity (Wildman–Crippen MR) is 81.0 cm³/mol. The Morgan fingerprint density at radius 2 is 2.10 bits per heavy atom. The van der Waals surface area contributed by atoms with E-state index >= 15 is 0 Å². The number of phenolic OH excluding ortho intramolecular Hbond substituents is 1. The van der Waals surface area contributed by atoms with Crippen molar-refractivity contribution in [3.8, 4) is 5.75 Å². The zero-order valence-corrected chi connectivity index (χ0v) is 12.3. The van der Waals surface area contributed by atoms with Gasteiger partial charge in [-0.05, 0) is 49.3 Å². The van der Waals surface area contributed by atoms with Crippen LogP contribution in [0.15, 0.2) is 24.3 Å². The molecule has 0 saturated heterocycles. The second-order valence-electron chi connectivity index (χ2n) is 5.64. The quantitative estimate of drug-likeness (QED) is 0.597. The van der Waals surface area contributed by atoms with Crippen molar-refractivity contribution < 1.29 is 14.6 Å². The van der Waals surface area contributed by atoms with E-state index in [0.29, 0.717) is 19.6 Å². The summed E-state index contributed by atoms with van der Waals surface area (Å²) in [7, 11) is 0. The zero-order chi connectivity index (χ0) is 15.1. The second-order valence-corrected chi connectivity index (χ2v) is 5.64. The first-order valence-corrected chi connectivity index (χ1v) is 7.54. The molecule has 1 saturated carbocycles. The summed E-state index contributed by atoms with van der Waals surface area (Å²) in [4.78, 5) is 11.8. The molecule has 5 nitrogen and oxygen atoms in total. The summed E-state index contributed by atoms with van der Waals surface area (Å²) in [5, 5.41) is 12.0. The Labute approximate surface area is 125 Å². The molecule has 1 aromatic carbocycles. The van der Waals surface area contributed by atoms with Gasteiger partial charge in [-0.1, -0.05) is 12.1 Å². The van der Waals surface area contributed by atoms with Crippen molar-refractivity contribution in [3.05, 3.63) is 29.8 Å². The van der Waals surface area contributed by atoms with Crippen LogP contribution in [0, 0.1) is 5.92 Å². The molecule has 2 rings (SSSR count). The SMILES string of the molecule is N[C@H](Cc1ccc(O)cc1)C(=O)NCCCOCC1CC1. The fourth-order valence-corrected chi connectivity index (χ4v) is 2.03. The van der Waals surface area contributed by atoms with Crippen molar-refractivity contribution in [2.45, 2.75) is 31.7 Å². The van der Waals surface area contributed by atoms with Crippen molar-refractivity contribution >= 4 is 5.91 Å². The molecular formula is C16H24N2O3. The van der Waals surface area contributed by atoms with Gasteiger partial charge in [0.1, 0.15) is 5.75 Å². The molecule has 0 aromatic heterocycles. The Balaban J connectivity index is 1.57. The van der Waals surface area contributed by atoms with Gasteiger partial charge in [-0.3, -0.25) is 4.79 Å². The number of phenols is 1. The molecule has 1 atom stereocenters. The average molecular weight is 292 g/mol. The van der Waals surface area contributed by atoms with Crippen molar-refractivity contribution in [2.75, 3.05) is 19.8 Å². The summed E-state index contributed by atoms with van der Waals surface area (Å²) in [6.07, 6.45) is 3.86. The van der Waals surface area contributed by atoms with Gasteiger partial charge in [0, 0.05) is 19.8 Å². The number of amides is 1. The predicted octanol–water partition coefficient (Wildman–Crippen LogP) is 1.19. The molecule has 1 aliphatic rings. The van der Waals surface area contributed by atoms with Gasteiger partial charge < -0.3 is 20.9 Å². The van der Waals surface area contributed by atoms with Gasteiger partial charge in [-0.2, -0.15) is 0 Å². The fraction of sp³-hybridized carbons (Fsp3) is 0.562. The first kappa shape index (κ1) is 15.8. The lowest BCUT2D eigenvalue weighted by Gasteiger charge is -2.12. The van der Waals surface area contributed by atoms with Crippen LogP contribution in [0.4, 0.5) is 0 Å².